The molecule has 0 bridgehead atoms. The zero-order valence-electron chi connectivity index (χ0n) is 12.1. The molecule has 1 N–H and O–H groups in total. The fourth-order valence-corrected chi connectivity index (χ4v) is 2.84. The van der Waals surface area contributed by atoms with Crippen LogP contribution in [0.3, 0.4) is 0 Å². The summed E-state index contributed by atoms with van der Waals surface area (Å²) in [5.74, 6) is 0.382. The molecule has 1 aliphatic heterocycles. The monoisotopic (exact) mass is 309 g/mol. The molecule has 0 radical (unpaired) electrons. The molecule has 1 amide bonds. The predicted octanol–water partition coefficient (Wildman–Crippen LogP) is 3.21. The zero-order valence-corrected chi connectivity index (χ0v) is 12.9. The van der Waals surface area contributed by atoms with Crippen molar-refractivity contribution in [2.45, 2.75) is 6.92 Å². The molecule has 1 saturated heterocycles. The van der Waals surface area contributed by atoms with Crippen LogP contribution in [0.5, 0.6) is 0 Å². The van der Waals surface area contributed by atoms with Crippen molar-refractivity contribution in [3.05, 3.63) is 59.7 Å². The first kappa shape index (κ1) is 14.5. The Balaban J connectivity index is 1.87. The molecule has 110 valence electrons. The molecular formula is C17H15N3OS. The summed E-state index contributed by atoms with van der Waals surface area (Å²) >= 11 is 1.36. The fraction of sp³-hybridized carbons (Fsp3) is 0.118. The SMILES string of the molecule is Cc1cccc(-c2ccccc2C=NN=C2NC(=O)CS2)c1. The highest BCUT2D eigenvalue weighted by Crippen LogP contribution is 2.23. The Morgan fingerprint density at radius 3 is 2.82 bits per heavy atom. The lowest BCUT2D eigenvalue weighted by Crippen LogP contribution is -2.19. The number of carbonyl (C=O) groups is 1. The van der Waals surface area contributed by atoms with Crippen LogP contribution in [-0.2, 0) is 4.79 Å². The summed E-state index contributed by atoms with van der Waals surface area (Å²) in [5, 5.41) is 11.3. The Morgan fingerprint density at radius 1 is 1.18 bits per heavy atom. The van der Waals surface area contributed by atoms with Gasteiger partial charge in [-0.05, 0) is 18.1 Å². The van der Waals surface area contributed by atoms with Crippen molar-refractivity contribution in [2.24, 2.45) is 10.2 Å². The van der Waals surface area contributed by atoms with Crippen molar-refractivity contribution in [3.63, 3.8) is 0 Å². The molecular weight excluding hydrogens is 294 g/mol. The van der Waals surface area contributed by atoms with Gasteiger partial charge < -0.3 is 5.32 Å². The summed E-state index contributed by atoms with van der Waals surface area (Å²) in [7, 11) is 0. The topological polar surface area (TPSA) is 53.8 Å². The van der Waals surface area contributed by atoms with Crippen LogP contribution in [0.2, 0.25) is 0 Å². The van der Waals surface area contributed by atoms with E-state index in [0.29, 0.717) is 10.9 Å². The summed E-state index contributed by atoms with van der Waals surface area (Å²) in [6.45, 7) is 2.08. The van der Waals surface area contributed by atoms with Crippen LogP contribution < -0.4 is 5.32 Å². The van der Waals surface area contributed by atoms with Gasteiger partial charge >= 0.3 is 0 Å². The zero-order chi connectivity index (χ0) is 15.4. The van der Waals surface area contributed by atoms with Gasteiger partial charge in [0.2, 0.25) is 5.91 Å². The van der Waals surface area contributed by atoms with Gasteiger partial charge in [-0.1, -0.05) is 65.9 Å². The van der Waals surface area contributed by atoms with Crippen LogP contribution in [0, 0.1) is 6.92 Å². The highest BCUT2D eigenvalue weighted by molar-refractivity contribution is 8.15. The van der Waals surface area contributed by atoms with Crippen molar-refractivity contribution < 1.29 is 4.79 Å². The smallest absolute Gasteiger partial charge is 0.236 e. The largest absolute Gasteiger partial charge is 0.303 e. The molecule has 1 fully saturated rings. The normalized spacial score (nSPS) is 16.4. The summed E-state index contributed by atoms with van der Waals surface area (Å²) in [6.07, 6.45) is 1.72. The molecule has 0 saturated carbocycles. The Labute approximate surface area is 133 Å². The molecule has 5 heteroatoms. The van der Waals surface area contributed by atoms with Crippen LogP contribution in [0.4, 0.5) is 0 Å². The van der Waals surface area contributed by atoms with E-state index >= 15 is 0 Å². The van der Waals surface area contributed by atoms with E-state index in [1.807, 2.05) is 24.3 Å². The van der Waals surface area contributed by atoms with Gasteiger partial charge in [-0.15, -0.1) is 5.10 Å². The van der Waals surface area contributed by atoms with Gasteiger partial charge in [-0.3, -0.25) is 4.79 Å². The molecule has 1 aliphatic rings. The lowest BCUT2D eigenvalue weighted by molar-refractivity contribution is -0.116. The molecule has 0 unspecified atom stereocenters. The van der Waals surface area contributed by atoms with Crippen LogP contribution in [0.25, 0.3) is 11.1 Å². The Bertz CT molecular complexity index is 768. The van der Waals surface area contributed by atoms with Gasteiger partial charge in [0.1, 0.15) is 0 Å². The lowest BCUT2D eigenvalue weighted by atomic mass is 9.99. The molecule has 4 nitrogen and oxygen atoms in total. The summed E-state index contributed by atoms with van der Waals surface area (Å²) in [5.41, 5.74) is 4.47. The Hall–Kier alpha value is -2.40. The predicted molar refractivity (Wildman–Crippen MR) is 92.2 cm³/mol. The van der Waals surface area contributed by atoms with Gasteiger partial charge in [-0.25, -0.2) is 0 Å². The maximum absolute atomic E-state index is 11.1. The standard InChI is InChI=1S/C17H15N3OS/c1-12-5-4-7-13(9-12)15-8-3-2-6-14(15)10-18-20-17-19-16(21)11-22-17/h2-10H,11H2,1H3,(H,19,20,21). The van der Waals surface area contributed by atoms with E-state index in [9.17, 15) is 4.79 Å². The first-order chi connectivity index (χ1) is 10.7. The molecule has 2 aromatic carbocycles. The van der Waals surface area contributed by atoms with Crippen molar-refractivity contribution in [1.82, 2.24) is 5.32 Å². The van der Waals surface area contributed by atoms with E-state index in [2.05, 4.69) is 46.7 Å². The minimum atomic E-state index is -0.0286. The molecule has 0 spiro atoms. The summed E-state index contributed by atoms with van der Waals surface area (Å²) in [4.78, 5) is 11.1. The third kappa shape index (κ3) is 3.43. The number of hydrogen-bond acceptors (Lipinski definition) is 4. The molecule has 0 atom stereocenters. The van der Waals surface area contributed by atoms with Crippen molar-refractivity contribution in [2.75, 3.05) is 5.75 Å². The number of aryl methyl sites for hydroxylation is 1. The summed E-state index contributed by atoms with van der Waals surface area (Å²) < 4.78 is 0. The second-order valence-corrected chi connectivity index (χ2v) is 5.91. The van der Waals surface area contributed by atoms with Crippen LogP contribution in [-0.4, -0.2) is 23.0 Å². The minimum Gasteiger partial charge on any atom is -0.303 e. The van der Waals surface area contributed by atoms with Gasteiger partial charge in [0.15, 0.2) is 5.17 Å². The van der Waals surface area contributed by atoms with E-state index in [-0.39, 0.29) is 5.91 Å². The Kier molecular flexibility index (Phi) is 4.34. The number of hydrogen-bond donors (Lipinski definition) is 1. The number of benzene rings is 2. The summed E-state index contributed by atoms with van der Waals surface area (Å²) in [6, 6.07) is 16.4. The number of thioether (sulfide) groups is 1. The van der Waals surface area contributed by atoms with E-state index in [0.717, 1.165) is 16.7 Å². The third-order valence-electron chi connectivity index (χ3n) is 3.22. The van der Waals surface area contributed by atoms with E-state index < -0.39 is 0 Å². The average Bonchev–Trinajstić information content (AvgIpc) is 2.93. The maximum Gasteiger partial charge on any atom is 0.236 e. The first-order valence-electron chi connectivity index (χ1n) is 6.92. The maximum atomic E-state index is 11.1. The number of carbonyl (C=O) groups excluding carboxylic acids is 1. The van der Waals surface area contributed by atoms with Crippen molar-refractivity contribution in [1.29, 1.82) is 0 Å². The van der Waals surface area contributed by atoms with E-state index in [1.165, 1.54) is 17.3 Å². The van der Waals surface area contributed by atoms with Gasteiger partial charge in [0.05, 0.1) is 12.0 Å². The lowest BCUT2D eigenvalue weighted by Gasteiger charge is -2.06. The Morgan fingerprint density at radius 2 is 2.05 bits per heavy atom. The second kappa shape index (κ2) is 6.58. The number of amidine groups is 1. The first-order valence-corrected chi connectivity index (χ1v) is 7.91. The molecule has 0 aliphatic carbocycles. The third-order valence-corrected chi connectivity index (χ3v) is 4.09. The minimum absolute atomic E-state index is 0.0286. The number of rotatable bonds is 3. The van der Waals surface area contributed by atoms with Gasteiger partial charge in [-0.2, -0.15) is 5.10 Å². The van der Waals surface area contributed by atoms with E-state index in [1.54, 1.807) is 6.21 Å². The molecule has 1 heterocycles. The van der Waals surface area contributed by atoms with E-state index in [4.69, 9.17) is 0 Å². The van der Waals surface area contributed by atoms with Crippen molar-refractivity contribution >= 4 is 29.1 Å². The van der Waals surface area contributed by atoms with Crippen molar-refractivity contribution in [3.8, 4) is 11.1 Å². The number of nitrogens with zero attached hydrogens (tertiary/aromatic N) is 2. The fourth-order valence-electron chi connectivity index (χ4n) is 2.21. The molecule has 3 rings (SSSR count). The highest BCUT2D eigenvalue weighted by Gasteiger charge is 2.15. The quantitative estimate of drug-likeness (QED) is 0.699. The van der Waals surface area contributed by atoms with Crippen LogP contribution >= 0.6 is 11.8 Å². The second-order valence-electron chi connectivity index (χ2n) is 4.94. The number of amides is 1. The molecule has 22 heavy (non-hydrogen) atoms. The van der Waals surface area contributed by atoms with Gasteiger partial charge in [0.25, 0.3) is 0 Å². The molecule has 0 aromatic heterocycles. The van der Waals surface area contributed by atoms with Crippen LogP contribution in [0.1, 0.15) is 11.1 Å². The number of nitrogens with one attached hydrogen (secondary N) is 1. The van der Waals surface area contributed by atoms with Crippen LogP contribution in [0.15, 0.2) is 58.7 Å². The highest BCUT2D eigenvalue weighted by atomic mass is 32.2. The van der Waals surface area contributed by atoms with Gasteiger partial charge in [0, 0.05) is 5.56 Å². The molecule has 2 aromatic rings. The average molecular weight is 309 g/mol.